The van der Waals surface area contributed by atoms with Gasteiger partial charge >= 0.3 is 0 Å². The summed E-state index contributed by atoms with van der Waals surface area (Å²) in [4.78, 5) is 13.2. The fourth-order valence-electron chi connectivity index (χ4n) is 3.77. The lowest BCUT2D eigenvalue weighted by atomic mass is 10.0. The molecule has 6 nitrogen and oxygen atoms in total. The SMILES string of the molecule is CCN(c1ccccc1)S(=O)(=O)c1ccc(OC)c(NC(=O)c2cccc3ccccc23)c1. The van der Waals surface area contributed by atoms with Crippen molar-refractivity contribution in [1.29, 1.82) is 0 Å². The highest BCUT2D eigenvalue weighted by Gasteiger charge is 2.25. The topological polar surface area (TPSA) is 75.7 Å². The van der Waals surface area contributed by atoms with Crippen LogP contribution in [0.4, 0.5) is 11.4 Å². The van der Waals surface area contributed by atoms with Crippen molar-refractivity contribution in [2.75, 3.05) is 23.3 Å². The van der Waals surface area contributed by atoms with Gasteiger partial charge in [0.1, 0.15) is 5.75 Å². The summed E-state index contributed by atoms with van der Waals surface area (Å²) in [7, 11) is -2.39. The first kappa shape index (κ1) is 22.4. The number of carbonyl (C=O) groups excluding carboxylic acids is 1. The van der Waals surface area contributed by atoms with E-state index in [4.69, 9.17) is 4.74 Å². The number of ether oxygens (including phenoxy) is 1. The summed E-state index contributed by atoms with van der Waals surface area (Å²) in [5.41, 5.74) is 1.33. The summed E-state index contributed by atoms with van der Waals surface area (Å²) in [5, 5.41) is 4.58. The van der Waals surface area contributed by atoms with Gasteiger partial charge in [0.15, 0.2) is 0 Å². The summed E-state index contributed by atoms with van der Waals surface area (Å²) in [5.74, 6) is 0.0142. The van der Waals surface area contributed by atoms with Crippen LogP contribution in [0.25, 0.3) is 10.8 Å². The average molecular weight is 461 g/mol. The second-order valence-corrected chi connectivity index (χ2v) is 9.21. The number of nitrogens with zero attached hydrogens (tertiary/aromatic N) is 1. The Morgan fingerprint density at radius 3 is 2.33 bits per heavy atom. The molecule has 0 aliphatic heterocycles. The molecule has 1 N–H and O–H groups in total. The smallest absolute Gasteiger partial charge is 0.264 e. The van der Waals surface area contributed by atoms with E-state index in [2.05, 4.69) is 5.32 Å². The van der Waals surface area contributed by atoms with Crippen molar-refractivity contribution in [3.63, 3.8) is 0 Å². The molecule has 0 radical (unpaired) electrons. The Hall–Kier alpha value is -3.84. The minimum Gasteiger partial charge on any atom is -0.495 e. The molecule has 0 spiro atoms. The fourth-order valence-corrected chi connectivity index (χ4v) is 5.27. The van der Waals surface area contributed by atoms with Crippen LogP contribution in [-0.2, 0) is 10.0 Å². The first-order chi connectivity index (χ1) is 16.0. The van der Waals surface area contributed by atoms with E-state index in [0.717, 1.165) is 10.8 Å². The number of anilines is 2. The highest BCUT2D eigenvalue weighted by Crippen LogP contribution is 2.31. The molecular weight excluding hydrogens is 436 g/mol. The lowest BCUT2D eigenvalue weighted by molar-refractivity contribution is 0.102. The maximum absolute atomic E-state index is 13.4. The molecular formula is C26H24N2O4S. The maximum atomic E-state index is 13.4. The van der Waals surface area contributed by atoms with Gasteiger partial charge in [-0.1, -0.05) is 54.6 Å². The van der Waals surface area contributed by atoms with Crippen LogP contribution in [0, 0.1) is 0 Å². The van der Waals surface area contributed by atoms with Crippen LogP contribution in [0.5, 0.6) is 5.75 Å². The van der Waals surface area contributed by atoms with Crippen LogP contribution in [0.1, 0.15) is 17.3 Å². The van der Waals surface area contributed by atoms with Gasteiger partial charge in [-0.2, -0.15) is 0 Å². The monoisotopic (exact) mass is 460 g/mol. The highest BCUT2D eigenvalue weighted by atomic mass is 32.2. The predicted octanol–water partition coefficient (Wildman–Crippen LogP) is 5.32. The van der Waals surface area contributed by atoms with E-state index in [1.54, 1.807) is 43.3 Å². The Kier molecular flexibility index (Phi) is 6.33. The molecule has 4 aromatic carbocycles. The van der Waals surface area contributed by atoms with Crippen molar-refractivity contribution < 1.29 is 17.9 Å². The number of sulfonamides is 1. The normalized spacial score (nSPS) is 11.2. The highest BCUT2D eigenvalue weighted by molar-refractivity contribution is 7.92. The number of hydrogen-bond donors (Lipinski definition) is 1. The molecule has 1 amide bonds. The molecule has 0 bridgehead atoms. The van der Waals surface area contributed by atoms with Gasteiger partial charge in [0.25, 0.3) is 15.9 Å². The molecule has 0 aliphatic rings. The van der Waals surface area contributed by atoms with Gasteiger partial charge in [0, 0.05) is 12.1 Å². The number of benzene rings is 4. The molecule has 4 aromatic rings. The van der Waals surface area contributed by atoms with Crippen molar-refractivity contribution >= 4 is 38.1 Å². The van der Waals surface area contributed by atoms with Gasteiger partial charge in [-0.15, -0.1) is 0 Å². The molecule has 0 fully saturated rings. The molecule has 0 unspecified atom stereocenters. The molecule has 7 heteroatoms. The van der Waals surface area contributed by atoms with Crippen molar-refractivity contribution in [2.24, 2.45) is 0 Å². The van der Waals surface area contributed by atoms with E-state index < -0.39 is 10.0 Å². The number of carbonyl (C=O) groups is 1. The molecule has 168 valence electrons. The van der Waals surface area contributed by atoms with Crippen molar-refractivity contribution in [3.05, 3.63) is 96.6 Å². The Labute approximate surface area is 193 Å². The van der Waals surface area contributed by atoms with Crippen LogP contribution >= 0.6 is 0 Å². The minimum absolute atomic E-state index is 0.0576. The number of para-hydroxylation sites is 1. The van der Waals surface area contributed by atoms with E-state index in [1.165, 1.54) is 23.5 Å². The summed E-state index contributed by atoms with van der Waals surface area (Å²) in [6.45, 7) is 2.04. The van der Waals surface area contributed by atoms with E-state index in [-0.39, 0.29) is 23.0 Å². The zero-order chi connectivity index (χ0) is 23.4. The van der Waals surface area contributed by atoms with Gasteiger partial charge in [-0.25, -0.2) is 8.42 Å². The Bertz CT molecular complexity index is 1400. The third kappa shape index (κ3) is 4.40. The van der Waals surface area contributed by atoms with Gasteiger partial charge in [-0.05, 0) is 54.1 Å². The van der Waals surface area contributed by atoms with Crippen LogP contribution in [0.2, 0.25) is 0 Å². The Morgan fingerprint density at radius 1 is 0.909 bits per heavy atom. The minimum atomic E-state index is -3.86. The number of methoxy groups -OCH3 is 1. The first-order valence-electron chi connectivity index (χ1n) is 10.5. The van der Waals surface area contributed by atoms with E-state index in [1.807, 2.05) is 42.5 Å². The van der Waals surface area contributed by atoms with Gasteiger partial charge in [0.2, 0.25) is 0 Å². The number of nitrogens with one attached hydrogen (secondary N) is 1. The second-order valence-electron chi connectivity index (χ2n) is 7.35. The summed E-state index contributed by atoms with van der Waals surface area (Å²) >= 11 is 0. The third-order valence-corrected chi connectivity index (χ3v) is 7.27. The Morgan fingerprint density at radius 2 is 1.61 bits per heavy atom. The van der Waals surface area contributed by atoms with Crippen molar-refractivity contribution in [2.45, 2.75) is 11.8 Å². The third-order valence-electron chi connectivity index (χ3n) is 5.37. The molecule has 0 aromatic heterocycles. The van der Waals surface area contributed by atoms with Crippen molar-refractivity contribution in [1.82, 2.24) is 0 Å². The van der Waals surface area contributed by atoms with Crippen LogP contribution in [0.3, 0.4) is 0 Å². The van der Waals surface area contributed by atoms with Crippen molar-refractivity contribution in [3.8, 4) is 5.75 Å². The molecule has 0 heterocycles. The Balaban J connectivity index is 1.72. The van der Waals surface area contributed by atoms with E-state index in [9.17, 15) is 13.2 Å². The molecule has 0 atom stereocenters. The van der Waals surface area contributed by atoms with E-state index in [0.29, 0.717) is 17.0 Å². The van der Waals surface area contributed by atoms with Gasteiger partial charge in [0.05, 0.1) is 23.4 Å². The van der Waals surface area contributed by atoms with Crippen LogP contribution < -0.4 is 14.4 Å². The summed E-state index contributed by atoms with van der Waals surface area (Å²) in [6.07, 6.45) is 0. The maximum Gasteiger partial charge on any atom is 0.264 e. The van der Waals surface area contributed by atoms with Crippen LogP contribution in [-0.4, -0.2) is 28.0 Å². The predicted molar refractivity (Wildman–Crippen MR) is 132 cm³/mol. The van der Waals surface area contributed by atoms with Crippen LogP contribution in [0.15, 0.2) is 95.9 Å². The number of hydrogen-bond acceptors (Lipinski definition) is 4. The zero-order valence-electron chi connectivity index (χ0n) is 18.4. The molecule has 0 saturated heterocycles. The summed E-state index contributed by atoms with van der Waals surface area (Å²) < 4.78 is 33.5. The van der Waals surface area contributed by atoms with Gasteiger partial charge in [-0.3, -0.25) is 9.10 Å². The number of rotatable bonds is 7. The standard InChI is InChI=1S/C26H24N2O4S/c1-3-28(20-12-5-4-6-13-20)33(30,31)21-16-17-25(32-2)24(18-21)27-26(29)23-15-9-11-19-10-7-8-14-22(19)23/h4-18H,3H2,1-2H3,(H,27,29). The molecule has 4 rings (SSSR count). The quantitative estimate of drug-likeness (QED) is 0.405. The van der Waals surface area contributed by atoms with Gasteiger partial charge < -0.3 is 10.1 Å². The molecule has 0 aliphatic carbocycles. The molecule has 33 heavy (non-hydrogen) atoms. The van der Waals surface area contributed by atoms with E-state index >= 15 is 0 Å². The largest absolute Gasteiger partial charge is 0.495 e. The number of amides is 1. The average Bonchev–Trinajstić information content (AvgIpc) is 2.84. The number of fused-ring (bicyclic) bond motifs is 1. The first-order valence-corrected chi connectivity index (χ1v) is 11.9. The lowest BCUT2D eigenvalue weighted by Gasteiger charge is -2.23. The fraction of sp³-hybridized carbons (Fsp3) is 0.115. The zero-order valence-corrected chi connectivity index (χ0v) is 19.2. The lowest BCUT2D eigenvalue weighted by Crippen LogP contribution is -2.30. The summed E-state index contributed by atoms with van der Waals surface area (Å²) in [6, 6.07) is 26.4. The molecule has 0 saturated carbocycles. The second kappa shape index (κ2) is 9.34.